The van der Waals surface area contributed by atoms with Crippen molar-refractivity contribution in [1.82, 2.24) is 9.97 Å². The van der Waals surface area contributed by atoms with Crippen LogP contribution in [0, 0.1) is 6.92 Å². The van der Waals surface area contributed by atoms with Crippen LogP contribution >= 0.6 is 0 Å². The molecule has 0 unspecified atom stereocenters. The lowest BCUT2D eigenvalue weighted by Crippen LogP contribution is -2.07. The van der Waals surface area contributed by atoms with Crippen molar-refractivity contribution in [3.05, 3.63) is 35.7 Å². The second-order valence-corrected chi connectivity index (χ2v) is 4.64. The summed E-state index contributed by atoms with van der Waals surface area (Å²) in [7, 11) is 4.07. The molecule has 0 saturated carbocycles. The van der Waals surface area contributed by atoms with Gasteiger partial charge in [-0.25, -0.2) is 4.98 Å². The molecule has 0 amide bonds. The van der Waals surface area contributed by atoms with Crippen LogP contribution < -0.4 is 10.6 Å². The Morgan fingerprint density at radius 1 is 1.22 bits per heavy atom. The first-order chi connectivity index (χ1) is 8.61. The molecule has 2 aromatic rings. The maximum atomic E-state index is 5.57. The van der Waals surface area contributed by atoms with Gasteiger partial charge in [-0.15, -0.1) is 0 Å². The summed E-state index contributed by atoms with van der Waals surface area (Å²) in [5.74, 6) is 0.918. The van der Waals surface area contributed by atoms with E-state index in [0.717, 1.165) is 29.2 Å². The van der Waals surface area contributed by atoms with E-state index >= 15 is 0 Å². The van der Waals surface area contributed by atoms with Gasteiger partial charge >= 0.3 is 0 Å². The van der Waals surface area contributed by atoms with Gasteiger partial charge < -0.3 is 15.6 Å². The molecule has 1 heterocycles. The number of hydrogen-bond acceptors (Lipinski definition) is 3. The molecular weight excluding hydrogens is 224 g/mol. The van der Waals surface area contributed by atoms with Crippen LogP contribution in [-0.2, 0) is 6.42 Å². The SMILES string of the molecule is Cc1[nH]c(-c2ccc(N(C)C)cc2)nc1CCN. The molecule has 0 fully saturated rings. The average Bonchev–Trinajstić information content (AvgIpc) is 2.72. The molecule has 2 rings (SSSR count). The monoisotopic (exact) mass is 244 g/mol. The number of benzene rings is 1. The van der Waals surface area contributed by atoms with Crippen molar-refractivity contribution in [3.8, 4) is 11.4 Å². The van der Waals surface area contributed by atoms with Gasteiger partial charge in [-0.3, -0.25) is 0 Å². The molecule has 18 heavy (non-hydrogen) atoms. The molecule has 0 atom stereocenters. The van der Waals surface area contributed by atoms with E-state index in [2.05, 4.69) is 39.1 Å². The molecule has 0 radical (unpaired) electrons. The number of rotatable bonds is 4. The third-order valence-corrected chi connectivity index (χ3v) is 3.02. The van der Waals surface area contributed by atoms with Crippen molar-refractivity contribution in [2.45, 2.75) is 13.3 Å². The zero-order valence-corrected chi connectivity index (χ0v) is 11.2. The fraction of sp³-hybridized carbons (Fsp3) is 0.357. The Kier molecular flexibility index (Phi) is 3.67. The number of nitrogens with one attached hydrogen (secondary N) is 1. The summed E-state index contributed by atoms with van der Waals surface area (Å²) in [6.07, 6.45) is 0.818. The topological polar surface area (TPSA) is 57.9 Å². The number of imidazole rings is 1. The predicted octanol–water partition coefficient (Wildman–Crippen LogP) is 1.95. The number of anilines is 1. The Labute approximate surface area is 108 Å². The summed E-state index contributed by atoms with van der Waals surface area (Å²) in [4.78, 5) is 9.99. The van der Waals surface area contributed by atoms with E-state index in [1.165, 1.54) is 5.69 Å². The summed E-state index contributed by atoms with van der Waals surface area (Å²) in [6.45, 7) is 2.67. The molecular formula is C14H20N4. The third kappa shape index (κ3) is 2.54. The molecule has 4 nitrogen and oxygen atoms in total. The molecule has 1 aromatic carbocycles. The van der Waals surface area contributed by atoms with Crippen LogP contribution in [-0.4, -0.2) is 30.6 Å². The maximum absolute atomic E-state index is 5.57. The van der Waals surface area contributed by atoms with Crippen LogP contribution in [0.5, 0.6) is 0 Å². The van der Waals surface area contributed by atoms with Crippen LogP contribution in [0.1, 0.15) is 11.4 Å². The quantitative estimate of drug-likeness (QED) is 0.864. The summed E-state index contributed by atoms with van der Waals surface area (Å²) >= 11 is 0. The van der Waals surface area contributed by atoms with Crippen LogP contribution in [0.4, 0.5) is 5.69 Å². The second-order valence-electron chi connectivity index (χ2n) is 4.64. The lowest BCUT2D eigenvalue weighted by atomic mass is 10.2. The standard InChI is InChI=1S/C14H20N4/c1-10-13(8-9-15)17-14(16-10)11-4-6-12(7-5-11)18(2)3/h4-7H,8-9,15H2,1-3H3,(H,16,17). The minimum Gasteiger partial charge on any atom is -0.378 e. The van der Waals surface area contributed by atoms with E-state index < -0.39 is 0 Å². The zero-order chi connectivity index (χ0) is 13.1. The van der Waals surface area contributed by atoms with Crippen LogP contribution in [0.25, 0.3) is 11.4 Å². The number of aryl methyl sites for hydroxylation is 1. The number of hydrogen-bond donors (Lipinski definition) is 2. The van der Waals surface area contributed by atoms with Crippen molar-refractivity contribution >= 4 is 5.69 Å². The first-order valence-electron chi connectivity index (χ1n) is 6.15. The van der Waals surface area contributed by atoms with E-state index in [1.807, 2.05) is 21.0 Å². The van der Waals surface area contributed by atoms with E-state index in [1.54, 1.807) is 0 Å². The average molecular weight is 244 g/mol. The Bertz CT molecular complexity index is 511. The Morgan fingerprint density at radius 2 is 1.89 bits per heavy atom. The fourth-order valence-electron chi connectivity index (χ4n) is 1.93. The van der Waals surface area contributed by atoms with Gasteiger partial charge in [0.15, 0.2) is 0 Å². The lowest BCUT2D eigenvalue weighted by molar-refractivity contribution is 0.924. The lowest BCUT2D eigenvalue weighted by Gasteiger charge is -2.12. The number of H-pyrrole nitrogens is 1. The number of nitrogens with two attached hydrogens (primary N) is 1. The highest BCUT2D eigenvalue weighted by Gasteiger charge is 2.07. The van der Waals surface area contributed by atoms with Crippen LogP contribution in [0.3, 0.4) is 0 Å². The van der Waals surface area contributed by atoms with Crippen molar-refractivity contribution in [2.24, 2.45) is 5.73 Å². The first-order valence-corrected chi connectivity index (χ1v) is 6.15. The molecule has 1 aromatic heterocycles. The van der Waals surface area contributed by atoms with Gasteiger partial charge in [0.1, 0.15) is 5.82 Å². The van der Waals surface area contributed by atoms with Gasteiger partial charge in [0.2, 0.25) is 0 Å². The highest BCUT2D eigenvalue weighted by Crippen LogP contribution is 2.21. The summed E-state index contributed by atoms with van der Waals surface area (Å²) in [5, 5.41) is 0. The summed E-state index contributed by atoms with van der Waals surface area (Å²) in [5.41, 5.74) is 10.0. The highest BCUT2D eigenvalue weighted by atomic mass is 15.1. The molecule has 3 N–H and O–H groups in total. The second kappa shape index (κ2) is 5.23. The highest BCUT2D eigenvalue weighted by molar-refractivity contribution is 5.60. The van der Waals surface area contributed by atoms with Crippen LogP contribution in [0.15, 0.2) is 24.3 Å². The smallest absolute Gasteiger partial charge is 0.137 e. The van der Waals surface area contributed by atoms with Gasteiger partial charge in [-0.2, -0.15) is 0 Å². The predicted molar refractivity (Wildman–Crippen MR) is 75.8 cm³/mol. The first kappa shape index (κ1) is 12.6. The van der Waals surface area contributed by atoms with Gasteiger partial charge in [0.05, 0.1) is 5.69 Å². The third-order valence-electron chi connectivity index (χ3n) is 3.02. The summed E-state index contributed by atoms with van der Waals surface area (Å²) in [6, 6.07) is 8.35. The van der Waals surface area contributed by atoms with Gasteiger partial charge in [-0.05, 0) is 37.7 Å². The van der Waals surface area contributed by atoms with E-state index in [0.29, 0.717) is 6.54 Å². The van der Waals surface area contributed by atoms with Gasteiger partial charge in [0.25, 0.3) is 0 Å². The van der Waals surface area contributed by atoms with Crippen LogP contribution in [0.2, 0.25) is 0 Å². The Balaban J connectivity index is 2.28. The zero-order valence-electron chi connectivity index (χ0n) is 11.2. The molecule has 4 heteroatoms. The van der Waals surface area contributed by atoms with Crippen molar-refractivity contribution in [2.75, 3.05) is 25.5 Å². The molecule has 96 valence electrons. The normalized spacial score (nSPS) is 10.7. The molecule has 0 aliphatic carbocycles. The Morgan fingerprint density at radius 3 is 2.44 bits per heavy atom. The van der Waals surface area contributed by atoms with E-state index in [9.17, 15) is 0 Å². The molecule has 0 bridgehead atoms. The van der Waals surface area contributed by atoms with Crippen molar-refractivity contribution in [1.29, 1.82) is 0 Å². The van der Waals surface area contributed by atoms with Crippen molar-refractivity contribution < 1.29 is 0 Å². The number of nitrogens with zero attached hydrogens (tertiary/aromatic N) is 2. The number of aromatic nitrogens is 2. The molecule has 0 aliphatic rings. The number of aromatic amines is 1. The minimum atomic E-state index is 0.630. The molecule has 0 spiro atoms. The van der Waals surface area contributed by atoms with E-state index in [-0.39, 0.29) is 0 Å². The van der Waals surface area contributed by atoms with Gasteiger partial charge in [-0.1, -0.05) is 0 Å². The van der Waals surface area contributed by atoms with Gasteiger partial charge in [0, 0.05) is 37.5 Å². The largest absolute Gasteiger partial charge is 0.378 e. The molecule has 0 saturated heterocycles. The van der Waals surface area contributed by atoms with E-state index in [4.69, 9.17) is 5.73 Å². The van der Waals surface area contributed by atoms with Crippen molar-refractivity contribution in [3.63, 3.8) is 0 Å². The Hall–Kier alpha value is -1.81. The molecule has 0 aliphatic heterocycles. The maximum Gasteiger partial charge on any atom is 0.137 e. The summed E-state index contributed by atoms with van der Waals surface area (Å²) < 4.78 is 0. The fourth-order valence-corrected chi connectivity index (χ4v) is 1.93. The minimum absolute atomic E-state index is 0.630.